The van der Waals surface area contributed by atoms with Crippen molar-refractivity contribution in [1.29, 1.82) is 0 Å². The number of pyridine rings is 1. The van der Waals surface area contributed by atoms with E-state index in [0.29, 0.717) is 11.4 Å². The minimum atomic E-state index is -0.345. The number of nitrogens with two attached hydrogens (primary N) is 1. The van der Waals surface area contributed by atoms with Crippen LogP contribution in [-0.4, -0.2) is 36.6 Å². The van der Waals surface area contributed by atoms with Crippen molar-refractivity contribution < 1.29 is 9.53 Å². The van der Waals surface area contributed by atoms with Crippen molar-refractivity contribution in [2.45, 2.75) is 0 Å². The minimum Gasteiger partial charge on any atom is -0.468 e. The van der Waals surface area contributed by atoms with Crippen LogP contribution in [0.2, 0.25) is 0 Å². The van der Waals surface area contributed by atoms with Gasteiger partial charge in [-0.2, -0.15) is 0 Å². The summed E-state index contributed by atoms with van der Waals surface area (Å²) in [7, 11) is 3.06. The average molecular weight is 239 g/mol. The van der Waals surface area contributed by atoms with Crippen molar-refractivity contribution in [2.75, 3.05) is 25.6 Å². The zero-order valence-corrected chi connectivity index (χ0v) is 9.95. The van der Waals surface area contributed by atoms with Gasteiger partial charge in [-0.15, -0.1) is 0 Å². The van der Waals surface area contributed by atoms with Gasteiger partial charge < -0.3 is 15.4 Å². The van der Waals surface area contributed by atoms with E-state index in [1.165, 1.54) is 7.11 Å². The molecule has 5 nitrogen and oxygen atoms in total. The maximum absolute atomic E-state index is 11.1. The van der Waals surface area contributed by atoms with Gasteiger partial charge in [0.15, 0.2) is 0 Å². The molecule has 0 fully saturated rings. The molecular formula is C10H13N3O2S. The number of hydrogen-bond acceptors (Lipinski definition) is 5. The summed E-state index contributed by atoms with van der Waals surface area (Å²) < 4.78 is 4.57. The van der Waals surface area contributed by atoms with E-state index in [1.54, 1.807) is 30.3 Å². The summed E-state index contributed by atoms with van der Waals surface area (Å²) in [5.74, 6) is 0.224. The number of esters is 1. The summed E-state index contributed by atoms with van der Waals surface area (Å²) in [6, 6.07) is 3.50. The summed E-state index contributed by atoms with van der Waals surface area (Å²) >= 11 is 4.91. The second-order valence-electron chi connectivity index (χ2n) is 3.17. The average Bonchev–Trinajstić information content (AvgIpc) is 2.28. The Morgan fingerprint density at radius 2 is 2.38 bits per heavy atom. The van der Waals surface area contributed by atoms with Crippen LogP contribution in [-0.2, 0) is 9.53 Å². The Morgan fingerprint density at radius 1 is 1.69 bits per heavy atom. The monoisotopic (exact) mass is 239 g/mol. The maximum Gasteiger partial charge on any atom is 0.325 e. The van der Waals surface area contributed by atoms with Crippen LogP contribution >= 0.6 is 12.2 Å². The molecule has 0 aromatic carbocycles. The predicted molar refractivity (Wildman–Crippen MR) is 65.4 cm³/mol. The number of ether oxygens (including phenoxy) is 1. The molecule has 86 valence electrons. The largest absolute Gasteiger partial charge is 0.468 e. The van der Waals surface area contributed by atoms with Crippen LogP contribution in [0.4, 0.5) is 5.82 Å². The fourth-order valence-corrected chi connectivity index (χ4v) is 1.39. The SMILES string of the molecule is COC(=O)CN(C)c1ncccc1C(N)=S. The summed E-state index contributed by atoms with van der Waals surface area (Å²) in [6.45, 7) is 0.100. The van der Waals surface area contributed by atoms with Gasteiger partial charge in [-0.1, -0.05) is 12.2 Å². The first-order valence-electron chi connectivity index (χ1n) is 4.59. The van der Waals surface area contributed by atoms with E-state index in [4.69, 9.17) is 18.0 Å². The maximum atomic E-state index is 11.1. The summed E-state index contributed by atoms with van der Waals surface area (Å²) in [5.41, 5.74) is 6.21. The van der Waals surface area contributed by atoms with Crippen LogP contribution in [0.25, 0.3) is 0 Å². The molecule has 0 aliphatic rings. The van der Waals surface area contributed by atoms with Gasteiger partial charge >= 0.3 is 5.97 Å². The third-order valence-corrected chi connectivity index (χ3v) is 2.23. The second-order valence-corrected chi connectivity index (χ2v) is 3.61. The molecular weight excluding hydrogens is 226 g/mol. The number of aromatic nitrogens is 1. The van der Waals surface area contributed by atoms with E-state index in [1.807, 2.05) is 0 Å². The summed E-state index contributed by atoms with van der Waals surface area (Å²) in [5, 5.41) is 0. The smallest absolute Gasteiger partial charge is 0.325 e. The van der Waals surface area contributed by atoms with Crippen molar-refractivity contribution in [3.8, 4) is 0 Å². The molecule has 0 unspecified atom stereocenters. The lowest BCUT2D eigenvalue weighted by atomic mass is 10.2. The Hall–Kier alpha value is -1.69. The van der Waals surface area contributed by atoms with E-state index in [-0.39, 0.29) is 17.5 Å². The first-order chi connectivity index (χ1) is 7.56. The Labute approximate surface area is 99.2 Å². The quantitative estimate of drug-likeness (QED) is 0.603. The van der Waals surface area contributed by atoms with Crippen molar-refractivity contribution in [3.63, 3.8) is 0 Å². The Bertz CT molecular complexity index is 409. The number of thiocarbonyl (C=S) groups is 1. The molecule has 0 amide bonds. The van der Waals surface area contributed by atoms with Crippen LogP contribution in [0.5, 0.6) is 0 Å². The number of nitrogens with zero attached hydrogens (tertiary/aromatic N) is 2. The Balaban J connectivity index is 2.94. The molecule has 1 rings (SSSR count). The lowest BCUT2D eigenvalue weighted by Gasteiger charge is -2.19. The van der Waals surface area contributed by atoms with Gasteiger partial charge in [0.05, 0.1) is 12.7 Å². The van der Waals surface area contributed by atoms with Crippen LogP contribution in [0, 0.1) is 0 Å². The van der Waals surface area contributed by atoms with E-state index in [2.05, 4.69) is 9.72 Å². The molecule has 0 atom stereocenters. The highest BCUT2D eigenvalue weighted by Gasteiger charge is 2.13. The molecule has 6 heteroatoms. The number of carbonyl (C=O) groups is 1. The molecule has 1 aromatic heterocycles. The van der Waals surface area contributed by atoms with Crippen molar-refractivity contribution in [1.82, 2.24) is 4.98 Å². The highest BCUT2D eigenvalue weighted by Crippen LogP contribution is 2.15. The molecule has 2 N–H and O–H groups in total. The molecule has 0 spiro atoms. The van der Waals surface area contributed by atoms with Crippen LogP contribution in [0.3, 0.4) is 0 Å². The zero-order chi connectivity index (χ0) is 12.1. The lowest BCUT2D eigenvalue weighted by Crippen LogP contribution is -2.29. The highest BCUT2D eigenvalue weighted by atomic mass is 32.1. The minimum absolute atomic E-state index is 0.100. The van der Waals surface area contributed by atoms with Crippen LogP contribution < -0.4 is 10.6 Å². The first kappa shape index (κ1) is 12.4. The first-order valence-corrected chi connectivity index (χ1v) is 5.00. The predicted octanol–water partition coefficient (Wildman–Crippen LogP) is 0.325. The molecule has 1 heterocycles. The molecule has 1 aromatic rings. The molecule has 0 aliphatic heterocycles. The lowest BCUT2D eigenvalue weighted by molar-refractivity contribution is -0.138. The van der Waals surface area contributed by atoms with Gasteiger partial charge in [0.25, 0.3) is 0 Å². The van der Waals surface area contributed by atoms with Gasteiger partial charge in [0, 0.05) is 13.2 Å². The van der Waals surface area contributed by atoms with E-state index < -0.39 is 0 Å². The highest BCUT2D eigenvalue weighted by molar-refractivity contribution is 7.80. The zero-order valence-electron chi connectivity index (χ0n) is 9.14. The second kappa shape index (κ2) is 5.41. The molecule has 16 heavy (non-hydrogen) atoms. The Morgan fingerprint density at radius 3 is 2.94 bits per heavy atom. The number of likely N-dealkylation sites (N-methyl/N-ethyl adjacent to an activating group) is 1. The van der Waals surface area contributed by atoms with Gasteiger partial charge in [0.2, 0.25) is 0 Å². The standard InChI is InChI=1S/C10H13N3O2S/c1-13(6-8(14)15-2)10-7(9(11)16)4-3-5-12-10/h3-5H,6H2,1-2H3,(H2,11,16). The normalized spacial score (nSPS) is 9.62. The van der Waals surface area contributed by atoms with E-state index >= 15 is 0 Å². The van der Waals surface area contributed by atoms with Gasteiger partial charge in [0.1, 0.15) is 17.4 Å². The van der Waals surface area contributed by atoms with E-state index in [0.717, 1.165) is 0 Å². The van der Waals surface area contributed by atoms with Crippen molar-refractivity contribution in [3.05, 3.63) is 23.9 Å². The van der Waals surface area contributed by atoms with Crippen LogP contribution in [0.1, 0.15) is 5.56 Å². The summed E-state index contributed by atoms with van der Waals surface area (Å²) in [4.78, 5) is 17.1. The third kappa shape index (κ3) is 2.90. The number of anilines is 1. The van der Waals surface area contributed by atoms with Gasteiger partial charge in [-0.3, -0.25) is 4.79 Å². The molecule has 0 saturated heterocycles. The summed E-state index contributed by atoms with van der Waals surface area (Å²) in [6.07, 6.45) is 1.62. The molecule has 0 saturated carbocycles. The number of rotatable bonds is 4. The molecule has 0 radical (unpaired) electrons. The van der Waals surface area contributed by atoms with Gasteiger partial charge in [-0.25, -0.2) is 4.98 Å². The Kier molecular flexibility index (Phi) is 4.19. The molecule has 0 bridgehead atoms. The molecule has 0 aliphatic carbocycles. The van der Waals surface area contributed by atoms with Crippen LogP contribution in [0.15, 0.2) is 18.3 Å². The number of hydrogen-bond donors (Lipinski definition) is 1. The van der Waals surface area contributed by atoms with Gasteiger partial charge in [-0.05, 0) is 12.1 Å². The topological polar surface area (TPSA) is 68.5 Å². The van der Waals surface area contributed by atoms with E-state index in [9.17, 15) is 4.79 Å². The number of carbonyl (C=O) groups excluding carboxylic acids is 1. The number of methoxy groups -OCH3 is 1. The third-order valence-electron chi connectivity index (χ3n) is 2.01. The van der Waals surface area contributed by atoms with Crippen molar-refractivity contribution in [2.24, 2.45) is 5.73 Å². The van der Waals surface area contributed by atoms with Crippen molar-refractivity contribution >= 4 is 29.0 Å². The fourth-order valence-electron chi connectivity index (χ4n) is 1.23. The fraction of sp³-hybridized carbons (Fsp3) is 0.300.